The van der Waals surface area contributed by atoms with Crippen molar-refractivity contribution in [3.05, 3.63) is 18.2 Å². The lowest BCUT2D eigenvalue weighted by atomic mass is 9.98. The molecular formula is C19H30N6O7. The number of aromatic nitrogens is 2. The Bertz CT molecular complexity index is 813. The third kappa shape index (κ3) is 8.34. The van der Waals surface area contributed by atoms with Crippen molar-refractivity contribution in [1.29, 1.82) is 0 Å². The highest BCUT2D eigenvalue weighted by Crippen LogP contribution is 2.07. The normalized spacial score (nSPS) is 15.5. The number of rotatable bonds is 13. The Labute approximate surface area is 184 Å². The van der Waals surface area contributed by atoms with E-state index in [2.05, 4.69) is 25.9 Å². The number of nitrogens with two attached hydrogens (primary N) is 1. The van der Waals surface area contributed by atoms with Gasteiger partial charge >= 0.3 is 11.9 Å². The smallest absolute Gasteiger partial charge is 0.326 e. The van der Waals surface area contributed by atoms with Gasteiger partial charge in [0, 0.05) is 18.3 Å². The maximum Gasteiger partial charge on any atom is 0.326 e. The number of aromatic amines is 1. The molecule has 13 nitrogen and oxygen atoms in total. The number of nitrogens with one attached hydrogen (secondary N) is 4. The van der Waals surface area contributed by atoms with Gasteiger partial charge in [-0.3, -0.25) is 19.2 Å². The fourth-order valence-electron chi connectivity index (χ4n) is 2.66. The van der Waals surface area contributed by atoms with Gasteiger partial charge in [0.1, 0.15) is 18.1 Å². The van der Waals surface area contributed by atoms with Crippen LogP contribution in [0.5, 0.6) is 0 Å². The number of carbonyl (C=O) groups is 5. The van der Waals surface area contributed by atoms with Gasteiger partial charge in [-0.25, -0.2) is 9.78 Å². The largest absolute Gasteiger partial charge is 0.481 e. The molecule has 1 heterocycles. The van der Waals surface area contributed by atoms with Crippen molar-refractivity contribution < 1.29 is 34.2 Å². The highest BCUT2D eigenvalue weighted by molar-refractivity contribution is 5.94. The molecule has 3 amide bonds. The lowest BCUT2D eigenvalue weighted by Gasteiger charge is -2.24. The zero-order valence-electron chi connectivity index (χ0n) is 18.1. The molecule has 0 aliphatic rings. The van der Waals surface area contributed by atoms with E-state index in [9.17, 15) is 24.0 Å². The van der Waals surface area contributed by atoms with Gasteiger partial charge in [-0.1, -0.05) is 20.3 Å². The summed E-state index contributed by atoms with van der Waals surface area (Å²) in [6, 6.07) is -4.80. The van der Waals surface area contributed by atoms with Crippen LogP contribution in [0.3, 0.4) is 0 Å². The number of carbonyl (C=O) groups excluding carboxylic acids is 3. The van der Waals surface area contributed by atoms with E-state index < -0.39 is 60.2 Å². The molecule has 0 saturated carbocycles. The number of nitrogens with zero attached hydrogens (tertiary/aromatic N) is 1. The van der Waals surface area contributed by atoms with Crippen LogP contribution in [-0.4, -0.2) is 74.0 Å². The second-order valence-electron chi connectivity index (χ2n) is 7.48. The van der Waals surface area contributed by atoms with Crippen LogP contribution in [0, 0.1) is 5.92 Å². The number of imidazole rings is 1. The first-order valence-electron chi connectivity index (χ1n) is 10.0. The Hall–Kier alpha value is -3.48. The molecule has 8 N–H and O–H groups in total. The average Bonchev–Trinajstić information content (AvgIpc) is 3.23. The Kier molecular flexibility index (Phi) is 10.3. The molecule has 0 radical (unpaired) electrons. The number of amides is 3. The number of H-pyrrole nitrogens is 1. The first-order chi connectivity index (χ1) is 15.0. The van der Waals surface area contributed by atoms with Gasteiger partial charge in [-0.15, -0.1) is 0 Å². The second kappa shape index (κ2) is 12.4. The molecule has 0 bridgehead atoms. The van der Waals surface area contributed by atoms with Crippen molar-refractivity contribution in [3.8, 4) is 0 Å². The maximum atomic E-state index is 12.8. The SMILES string of the molecule is CCC(C)C(N)C(=O)NC(Cc1cnc[nH]1)C(=O)NC(C)C(=O)NC(CC(=O)O)C(=O)O. The molecule has 0 aromatic carbocycles. The second-order valence-corrected chi connectivity index (χ2v) is 7.48. The zero-order chi connectivity index (χ0) is 24.4. The molecule has 5 unspecified atom stereocenters. The molecule has 32 heavy (non-hydrogen) atoms. The van der Waals surface area contributed by atoms with Crippen LogP contribution in [-0.2, 0) is 30.4 Å². The number of aliphatic carboxylic acids is 2. The molecule has 13 heteroatoms. The molecule has 0 spiro atoms. The predicted molar refractivity (Wildman–Crippen MR) is 111 cm³/mol. The number of hydrogen-bond acceptors (Lipinski definition) is 7. The third-order valence-corrected chi connectivity index (χ3v) is 4.92. The van der Waals surface area contributed by atoms with Crippen LogP contribution in [0.25, 0.3) is 0 Å². The maximum absolute atomic E-state index is 12.8. The first-order valence-corrected chi connectivity index (χ1v) is 10.0. The monoisotopic (exact) mass is 454 g/mol. The summed E-state index contributed by atoms with van der Waals surface area (Å²) in [5.74, 6) is -5.20. The van der Waals surface area contributed by atoms with Crippen molar-refractivity contribution >= 4 is 29.7 Å². The molecule has 1 aromatic rings. The lowest BCUT2D eigenvalue weighted by molar-refractivity contribution is -0.147. The zero-order valence-corrected chi connectivity index (χ0v) is 18.1. The van der Waals surface area contributed by atoms with Gasteiger partial charge in [0.2, 0.25) is 17.7 Å². The molecule has 1 aromatic heterocycles. The molecule has 178 valence electrons. The molecule has 0 aliphatic heterocycles. The molecular weight excluding hydrogens is 424 g/mol. The van der Waals surface area contributed by atoms with Crippen molar-refractivity contribution in [1.82, 2.24) is 25.9 Å². The van der Waals surface area contributed by atoms with E-state index in [4.69, 9.17) is 15.9 Å². The topological polar surface area (TPSA) is 217 Å². The summed E-state index contributed by atoms with van der Waals surface area (Å²) in [7, 11) is 0. The van der Waals surface area contributed by atoms with Gasteiger partial charge in [0.05, 0.1) is 18.8 Å². The summed E-state index contributed by atoms with van der Waals surface area (Å²) >= 11 is 0. The number of carboxylic acid groups (broad SMARTS) is 2. The minimum absolute atomic E-state index is 0.0376. The third-order valence-electron chi connectivity index (χ3n) is 4.92. The summed E-state index contributed by atoms with van der Waals surface area (Å²) in [5.41, 5.74) is 6.48. The van der Waals surface area contributed by atoms with E-state index in [-0.39, 0.29) is 12.3 Å². The van der Waals surface area contributed by atoms with E-state index in [0.29, 0.717) is 12.1 Å². The van der Waals surface area contributed by atoms with E-state index in [1.807, 2.05) is 6.92 Å². The number of hydrogen-bond donors (Lipinski definition) is 7. The van der Waals surface area contributed by atoms with Gasteiger partial charge in [-0.2, -0.15) is 0 Å². The Morgan fingerprint density at radius 1 is 1.03 bits per heavy atom. The fourth-order valence-corrected chi connectivity index (χ4v) is 2.66. The van der Waals surface area contributed by atoms with Crippen LogP contribution in [0.15, 0.2) is 12.5 Å². The first kappa shape index (κ1) is 26.6. The quantitative estimate of drug-likeness (QED) is 0.181. The van der Waals surface area contributed by atoms with Gasteiger partial charge in [0.15, 0.2) is 0 Å². The standard InChI is InChI=1S/C19H30N6O7/c1-4-9(2)15(20)18(30)24-12(5-11-7-21-8-22-11)17(29)23-10(3)16(28)25-13(19(31)32)6-14(26)27/h7-10,12-13,15H,4-6,20H2,1-3H3,(H,21,22)(H,23,29)(H,24,30)(H,25,28)(H,26,27)(H,31,32). The summed E-state index contributed by atoms with van der Waals surface area (Å²) in [6.07, 6.45) is 2.75. The summed E-state index contributed by atoms with van der Waals surface area (Å²) in [5, 5.41) is 24.8. The van der Waals surface area contributed by atoms with Crippen LogP contribution < -0.4 is 21.7 Å². The van der Waals surface area contributed by atoms with Gasteiger partial charge in [0.25, 0.3) is 0 Å². The molecule has 0 saturated heterocycles. The lowest BCUT2D eigenvalue weighted by Crippen LogP contribution is -2.57. The highest BCUT2D eigenvalue weighted by Gasteiger charge is 2.30. The van der Waals surface area contributed by atoms with Crippen molar-refractivity contribution in [2.75, 3.05) is 0 Å². The Morgan fingerprint density at radius 3 is 2.16 bits per heavy atom. The Morgan fingerprint density at radius 2 is 1.66 bits per heavy atom. The summed E-state index contributed by atoms with van der Waals surface area (Å²) in [4.78, 5) is 66.1. The van der Waals surface area contributed by atoms with E-state index in [1.54, 1.807) is 6.92 Å². The van der Waals surface area contributed by atoms with Crippen LogP contribution >= 0.6 is 0 Å². The van der Waals surface area contributed by atoms with Crippen molar-refractivity contribution in [2.24, 2.45) is 11.7 Å². The Balaban J connectivity index is 2.87. The fraction of sp³-hybridized carbons (Fsp3) is 0.579. The predicted octanol–water partition coefficient (Wildman–Crippen LogP) is -1.64. The van der Waals surface area contributed by atoms with Crippen LogP contribution in [0.2, 0.25) is 0 Å². The average molecular weight is 454 g/mol. The van der Waals surface area contributed by atoms with Crippen molar-refractivity contribution in [3.63, 3.8) is 0 Å². The highest BCUT2D eigenvalue weighted by atomic mass is 16.4. The van der Waals surface area contributed by atoms with Crippen molar-refractivity contribution in [2.45, 2.75) is 64.2 Å². The van der Waals surface area contributed by atoms with Crippen LogP contribution in [0.1, 0.15) is 39.3 Å². The van der Waals surface area contributed by atoms with E-state index >= 15 is 0 Å². The minimum Gasteiger partial charge on any atom is -0.481 e. The molecule has 5 atom stereocenters. The number of carboxylic acids is 2. The summed E-state index contributed by atoms with van der Waals surface area (Å²) < 4.78 is 0. The summed E-state index contributed by atoms with van der Waals surface area (Å²) in [6.45, 7) is 4.98. The van der Waals surface area contributed by atoms with Crippen LogP contribution in [0.4, 0.5) is 0 Å². The van der Waals surface area contributed by atoms with E-state index in [1.165, 1.54) is 19.4 Å². The van der Waals surface area contributed by atoms with Gasteiger partial charge < -0.3 is 36.9 Å². The minimum atomic E-state index is -1.66. The molecule has 0 fully saturated rings. The van der Waals surface area contributed by atoms with Gasteiger partial charge in [-0.05, 0) is 12.8 Å². The molecule has 0 aliphatic carbocycles. The van der Waals surface area contributed by atoms with E-state index in [0.717, 1.165) is 0 Å². The molecule has 1 rings (SSSR count).